The zero-order chi connectivity index (χ0) is 29.3. The van der Waals surface area contributed by atoms with Gasteiger partial charge in [-0.05, 0) is 118 Å². The summed E-state index contributed by atoms with van der Waals surface area (Å²) >= 11 is 1.64. The highest BCUT2D eigenvalue weighted by atomic mass is 32.2. The van der Waals surface area contributed by atoms with Gasteiger partial charge in [0.05, 0.1) is 11.0 Å². The largest absolute Gasteiger partial charge is 0.351 e. The van der Waals surface area contributed by atoms with E-state index in [1.54, 1.807) is 18.0 Å². The maximum absolute atomic E-state index is 14.7. The fourth-order valence-corrected chi connectivity index (χ4v) is 7.48. The number of piperidine rings is 1. The summed E-state index contributed by atoms with van der Waals surface area (Å²) in [5.74, 6) is -0.122. The van der Waals surface area contributed by atoms with Crippen LogP contribution < -0.4 is 9.80 Å². The van der Waals surface area contributed by atoms with E-state index in [2.05, 4.69) is 72.7 Å². The summed E-state index contributed by atoms with van der Waals surface area (Å²) in [6.07, 6.45) is 8.04. The van der Waals surface area contributed by atoms with E-state index in [1.807, 2.05) is 31.2 Å². The zero-order valence-corrected chi connectivity index (χ0v) is 25.3. The third kappa shape index (κ3) is 5.47. The van der Waals surface area contributed by atoms with Crippen molar-refractivity contribution in [2.45, 2.75) is 48.8 Å². The van der Waals surface area contributed by atoms with Crippen LogP contribution >= 0.6 is 11.8 Å². The minimum Gasteiger partial charge on any atom is -0.317 e. The summed E-state index contributed by atoms with van der Waals surface area (Å²) in [6.45, 7) is 9.35. The first kappa shape index (κ1) is 28.5. The van der Waals surface area contributed by atoms with Crippen LogP contribution in [0.5, 0.6) is 0 Å². The van der Waals surface area contributed by atoms with Crippen molar-refractivity contribution in [3.05, 3.63) is 124 Å². The van der Waals surface area contributed by atoms with Crippen molar-refractivity contribution in [2.24, 2.45) is 0 Å². The molecule has 0 aliphatic carbocycles. The molecule has 42 heavy (non-hydrogen) atoms. The topological polar surface area (TPSA) is 42.0 Å². The molecule has 1 amide bonds. The van der Waals surface area contributed by atoms with Gasteiger partial charge in [0.2, 0.25) is 0 Å². The van der Waals surface area contributed by atoms with E-state index in [0.717, 1.165) is 59.2 Å². The van der Waals surface area contributed by atoms with Crippen molar-refractivity contribution in [1.82, 2.24) is 14.8 Å². The highest BCUT2D eigenvalue weighted by Crippen LogP contribution is 2.52. The predicted molar refractivity (Wildman–Crippen MR) is 171 cm³/mol. The molecule has 1 saturated heterocycles. The number of rotatable bonds is 6. The lowest BCUT2D eigenvalue weighted by Gasteiger charge is -2.36. The van der Waals surface area contributed by atoms with E-state index in [1.165, 1.54) is 28.8 Å². The van der Waals surface area contributed by atoms with Gasteiger partial charge in [-0.25, -0.2) is 13.7 Å². The second kappa shape index (κ2) is 11.6. The van der Waals surface area contributed by atoms with Crippen LogP contribution in [-0.2, 0) is 5.41 Å². The van der Waals surface area contributed by atoms with Crippen LogP contribution in [0, 0.1) is 26.6 Å². The van der Waals surface area contributed by atoms with Gasteiger partial charge in [-0.2, -0.15) is 0 Å². The van der Waals surface area contributed by atoms with Gasteiger partial charge >= 0.3 is 5.91 Å². The maximum atomic E-state index is 14.7. The number of hydrogen-bond acceptors (Lipinski definition) is 4. The average Bonchev–Trinajstić information content (AvgIpc) is 3.25. The van der Waals surface area contributed by atoms with Crippen molar-refractivity contribution in [2.75, 3.05) is 26.2 Å². The number of carbonyl (C=O) groups is 1. The molecule has 214 valence electrons. The Kier molecular flexibility index (Phi) is 7.88. The third-order valence-corrected chi connectivity index (χ3v) is 9.97. The summed E-state index contributed by atoms with van der Waals surface area (Å²) in [6, 6.07) is 23.5. The Morgan fingerprint density at radius 3 is 2.45 bits per heavy atom. The molecule has 2 aliphatic heterocycles. The van der Waals surface area contributed by atoms with E-state index in [9.17, 15) is 9.18 Å². The molecule has 0 saturated carbocycles. The molecule has 4 aromatic rings. The molecule has 1 unspecified atom stereocenters. The van der Waals surface area contributed by atoms with E-state index < -0.39 is 0 Å². The van der Waals surface area contributed by atoms with Gasteiger partial charge in [0.25, 0.3) is 0 Å². The Morgan fingerprint density at radius 2 is 1.71 bits per heavy atom. The first-order chi connectivity index (χ1) is 20.3. The standard InChI is InChI=1S/C36H37FN3OS/c1-25-6-7-28(21-26(25)2)5-4-20-40(35(41)29-14-17-39-27(3)22-29)24-36(15-18-38-19-16-36)33-23-32(12-13-34(33)40)42-31-10-8-30(37)9-11-31/h4-14,17,21-23,38H,15-16,18-20,24H2,1-3H3/q+1/b5-4+. The molecule has 2 aliphatic rings. The maximum Gasteiger partial charge on any atom is 0.351 e. The molecule has 6 heteroatoms. The molecule has 1 N–H and O–H groups in total. The quantitative estimate of drug-likeness (QED) is 0.237. The second-order valence-electron chi connectivity index (χ2n) is 11.8. The number of amides is 1. The van der Waals surface area contributed by atoms with Gasteiger partial charge in [-0.15, -0.1) is 0 Å². The van der Waals surface area contributed by atoms with Crippen LogP contribution in [0.3, 0.4) is 0 Å². The number of benzene rings is 3. The van der Waals surface area contributed by atoms with Crippen LogP contribution in [0.4, 0.5) is 10.1 Å². The Morgan fingerprint density at radius 1 is 0.952 bits per heavy atom. The number of fused-ring (bicyclic) bond motifs is 2. The molecular formula is C36H37FN3OS+. The van der Waals surface area contributed by atoms with Crippen molar-refractivity contribution in [1.29, 1.82) is 0 Å². The fraction of sp³-hybridized carbons (Fsp3) is 0.278. The summed E-state index contributed by atoms with van der Waals surface area (Å²) in [5.41, 5.74) is 7.47. The lowest BCUT2D eigenvalue weighted by atomic mass is 9.75. The summed E-state index contributed by atoms with van der Waals surface area (Å²) in [5, 5.41) is 3.54. The van der Waals surface area contributed by atoms with E-state index >= 15 is 0 Å². The van der Waals surface area contributed by atoms with Crippen LogP contribution in [-0.4, -0.2) is 37.1 Å². The first-order valence-electron chi connectivity index (χ1n) is 14.7. The number of aryl methyl sites for hydroxylation is 3. The minimum atomic E-state index is -0.234. The van der Waals surface area contributed by atoms with Crippen molar-refractivity contribution >= 4 is 29.4 Å². The molecule has 1 atom stereocenters. The van der Waals surface area contributed by atoms with Gasteiger partial charge in [-0.1, -0.05) is 36.0 Å². The normalized spacial score (nSPS) is 19.3. The average molecular weight is 579 g/mol. The molecule has 0 radical (unpaired) electrons. The second-order valence-corrected chi connectivity index (χ2v) is 13.0. The Balaban J connectivity index is 1.45. The van der Waals surface area contributed by atoms with Gasteiger partial charge in [-0.3, -0.25) is 4.98 Å². The number of nitrogens with zero attached hydrogens (tertiary/aromatic N) is 2. The molecule has 6 rings (SSSR count). The third-order valence-electron chi connectivity index (χ3n) is 8.97. The highest BCUT2D eigenvalue weighted by Gasteiger charge is 2.57. The zero-order valence-electron chi connectivity index (χ0n) is 24.5. The van der Waals surface area contributed by atoms with E-state index in [0.29, 0.717) is 12.1 Å². The van der Waals surface area contributed by atoms with Gasteiger partial charge in [0.15, 0.2) is 0 Å². The summed E-state index contributed by atoms with van der Waals surface area (Å²) < 4.78 is 13.8. The Bertz CT molecular complexity index is 1660. The molecule has 1 spiro atoms. The molecule has 1 fully saturated rings. The SMILES string of the molecule is Cc1cc(C(=O)[N+]2(C/C=C/c3ccc(C)c(C)c3)CC3(CCNCC3)c3cc(Sc4ccc(F)cc4)ccc32)ccn1. The van der Waals surface area contributed by atoms with Gasteiger partial charge in [0.1, 0.15) is 24.6 Å². The number of halogens is 1. The molecule has 1 aromatic heterocycles. The first-order valence-corrected chi connectivity index (χ1v) is 15.5. The number of quaternary nitrogens is 1. The Hall–Kier alpha value is -3.58. The highest BCUT2D eigenvalue weighted by molar-refractivity contribution is 7.99. The van der Waals surface area contributed by atoms with E-state index in [-0.39, 0.29) is 21.6 Å². The molecular weight excluding hydrogens is 541 g/mol. The Labute approximate surface area is 252 Å². The number of aromatic nitrogens is 1. The minimum absolute atomic E-state index is 0.105. The van der Waals surface area contributed by atoms with Gasteiger partial charge in [0, 0.05) is 33.3 Å². The summed E-state index contributed by atoms with van der Waals surface area (Å²) in [4.78, 5) is 21.2. The molecule has 3 heterocycles. The molecule has 4 nitrogen and oxygen atoms in total. The van der Waals surface area contributed by atoms with Crippen LogP contribution in [0.1, 0.15) is 51.1 Å². The van der Waals surface area contributed by atoms with E-state index in [4.69, 9.17) is 0 Å². The lowest BCUT2D eigenvalue weighted by Crippen LogP contribution is -2.57. The van der Waals surface area contributed by atoms with Crippen molar-refractivity contribution < 1.29 is 9.18 Å². The molecule has 3 aromatic carbocycles. The number of nitrogens with one attached hydrogen (secondary N) is 1. The fourth-order valence-electron chi connectivity index (χ4n) is 6.62. The van der Waals surface area contributed by atoms with Crippen molar-refractivity contribution in [3.63, 3.8) is 0 Å². The smallest absolute Gasteiger partial charge is 0.317 e. The van der Waals surface area contributed by atoms with Crippen LogP contribution in [0.15, 0.2) is 94.9 Å². The number of pyridine rings is 1. The van der Waals surface area contributed by atoms with Crippen LogP contribution in [0.2, 0.25) is 0 Å². The predicted octanol–water partition coefficient (Wildman–Crippen LogP) is 7.79. The number of carbonyl (C=O) groups excluding carboxylic acids is 1. The summed E-state index contributed by atoms with van der Waals surface area (Å²) in [7, 11) is 0. The molecule has 0 bridgehead atoms. The van der Waals surface area contributed by atoms with Crippen LogP contribution in [0.25, 0.3) is 6.08 Å². The monoisotopic (exact) mass is 578 g/mol. The number of hydrogen-bond donors (Lipinski definition) is 1. The van der Waals surface area contributed by atoms with Crippen molar-refractivity contribution in [3.8, 4) is 0 Å². The van der Waals surface area contributed by atoms with Gasteiger partial charge < -0.3 is 5.32 Å². The lowest BCUT2D eigenvalue weighted by molar-refractivity contribution is 0.0759.